The third-order valence-electron chi connectivity index (χ3n) is 5.60. The predicted molar refractivity (Wildman–Crippen MR) is 114 cm³/mol. The second-order valence-electron chi connectivity index (χ2n) is 7.83. The Balaban J connectivity index is 1.49. The first-order chi connectivity index (χ1) is 15.1. The van der Waals surface area contributed by atoms with Gasteiger partial charge in [0.05, 0.1) is 19.7 Å². The van der Waals surface area contributed by atoms with Crippen LogP contribution < -0.4 is 4.74 Å². The largest absolute Gasteiger partial charge is 0.497 e. The van der Waals surface area contributed by atoms with Gasteiger partial charge in [-0.1, -0.05) is 18.0 Å². The Bertz CT molecular complexity index is 992. The van der Waals surface area contributed by atoms with Crippen LogP contribution in [-0.2, 0) is 22.7 Å². The Hall–Kier alpha value is -3.06. The van der Waals surface area contributed by atoms with Gasteiger partial charge in [-0.25, -0.2) is 0 Å². The number of ether oxygens (including phenoxy) is 2. The first kappa shape index (κ1) is 21.2. The summed E-state index contributed by atoms with van der Waals surface area (Å²) in [5, 5.41) is 4.32. The van der Waals surface area contributed by atoms with Crippen molar-refractivity contribution in [2.45, 2.75) is 51.8 Å². The van der Waals surface area contributed by atoms with E-state index in [9.17, 15) is 4.79 Å². The number of methoxy groups -OCH3 is 1. The van der Waals surface area contributed by atoms with Crippen LogP contribution in [0.2, 0.25) is 0 Å². The lowest BCUT2D eigenvalue weighted by Crippen LogP contribution is -2.27. The van der Waals surface area contributed by atoms with Gasteiger partial charge in [0.2, 0.25) is 0 Å². The van der Waals surface area contributed by atoms with Gasteiger partial charge in [-0.2, -0.15) is 0 Å². The number of furan rings is 1. The molecule has 1 aromatic carbocycles. The molecular formula is C24H28N2O5. The molecule has 0 radical (unpaired) electrons. The molecule has 1 fully saturated rings. The van der Waals surface area contributed by atoms with Crippen molar-refractivity contribution in [1.29, 1.82) is 0 Å². The number of carbonyl (C=O) groups is 1. The molecule has 1 unspecified atom stereocenters. The van der Waals surface area contributed by atoms with Crippen molar-refractivity contribution in [3.8, 4) is 17.0 Å². The maximum Gasteiger partial charge on any atom is 0.303 e. The Labute approximate surface area is 181 Å². The number of carbonyl (C=O) groups excluding carboxylic acids is 1. The molecule has 0 amide bonds. The van der Waals surface area contributed by atoms with Gasteiger partial charge in [0, 0.05) is 18.6 Å². The average molecular weight is 424 g/mol. The van der Waals surface area contributed by atoms with E-state index < -0.39 is 0 Å². The fourth-order valence-corrected chi connectivity index (χ4v) is 3.98. The van der Waals surface area contributed by atoms with Crippen LogP contribution in [0.4, 0.5) is 0 Å². The molecule has 3 heterocycles. The highest BCUT2D eigenvalue weighted by Gasteiger charge is 2.27. The zero-order valence-corrected chi connectivity index (χ0v) is 18.0. The molecule has 3 aromatic rings. The van der Waals surface area contributed by atoms with Gasteiger partial charge < -0.3 is 18.4 Å². The molecule has 1 aliphatic rings. The van der Waals surface area contributed by atoms with Gasteiger partial charge in [-0.05, 0) is 55.8 Å². The minimum absolute atomic E-state index is 0.143. The van der Waals surface area contributed by atoms with E-state index in [4.69, 9.17) is 18.4 Å². The lowest BCUT2D eigenvalue weighted by atomic mass is 10.1. The summed E-state index contributed by atoms with van der Waals surface area (Å²) in [5.74, 6) is 2.87. The number of rotatable bonds is 7. The summed E-state index contributed by atoms with van der Waals surface area (Å²) < 4.78 is 21.9. The predicted octanol–water partition coefficient (Wildman–Crippen LogP) is 5.12. The highest BCUT2D eigenvalue weighted by Crippen LogP contribution is 2.34. The molecule has 2 aromatic heterocycles. The van der Waals surface area contributed by atoms with Gasteiger partial charge in [-0.3, -0.25) is 9.69 Å². The van der Waals surface area contributed by atoms with E-state index >= 15 is 0 Å². The molecule has 1 saturated heterocycles. The maximum absolute atomic E-state index is 11.0. The summed E-state index contributed by atoms with van der Waals surface area (Å²) in [7, 11) is 1.65. The van der Waals surface area contributed by atoms with Crippen molar-refractivity contribution < 1.29 is 23.2 Å². The number of benzene rings is 1. The van der Waals surface area contributed by atoms with Crippen LogP contribution in [0, 0.1) is 0 Å². The monoisotopic (exact) mass is 424 g/mol. The average Bonchev–Trinajstić information content (AvgIpc) is 3.38. The van der Waals surface area contributed by atoms with Crippen molar-refractivity contribution in [3.63, 3.8) is 0 Å². The van der Waals surface area contributed by atoms with E-state index in [0.717, 1.165) is 54.3 Å². The molecule has 7 nitrogen and oxygen atoms in total. The van der Waals surface area contributed by atoms with Crippen molar-refractivity contribution in [2.75, 3.05) is 13.7 Å². The SMILES string of the molecule is COc1ccc(-c2cc(C3CCCCCN3Cc3ccc(COC(C)=O)o3)on2)cc1. The van der Waals surface area contributed by atoms with Gasteiger partial charge in [0.1, 0.15) is 29.6 Å². The zero-order chi connectivity index (χ0) is 21.6. The molecular weight excluding hydrogens is 396 g/mol. The number of aromatic nitrogens is 1. The number of hydrogen-bond donors (Lipinski definition) is 0. The summed E-state index contributed by atoms with van der Waals surface area (Å²) in [6.07, 6.45) is 4.49. The van der Waals surface area contributed by atoms with Crippen molar-refractivity contribution >= 4 is 5.97 Å². The molecule has 0 spiro atoms. The van der Waals surface area contributed by atoms with Crippen LogP contribution in [0.3, 0.4) is 0 Å². The molecule has 0 bridgehead atoms. The van der Waals surface area contributed by atoms with Crippen LogP contribution in [0.25, 0.3) is 11.3 Å². The second kappa shape index (κ2) is 9.83. The van der Waals surface area contributed by atoms with Gasteiger partial charge >= 0.3 is 5.97 Å². The zero-order valence-electron chi connectivity index (χ0n) is 18.0. The molecule has 7 heteroatoms. The number of likely N-dealkylation sites (tertiary alicyclic amines) is 1. The van der Waals surface area contributed by atoms with E-state index in [1.54, 1.807) is 7.11 Å². The highest BCUT2D eigenvalue weighted by molar-refractivity contribution is 5.65. The van der Waals surface area contributed by atoms with Crippen molar-refractivity contribution in [1.82, 2.24) is 10.1 Å². The lowest BCUT2D eigenvalue weighted by molar-refractivity contribution is -0.142. The Kier molecular flexibility index (Phi) is 6.72. The minimum Gasteiger partial charge on any atom is -0.497 e. The molecule has 164 valence electrons. The van der Waals surface area contributed by atoms with E-state index in [0.29, 0.717) is 12.3 Å². The summed E-state index contributed by atoms with van der Waals surface area (Å²) in [4.78, 5) is 13.4. The fraction of sp³-hybridized carbons (Fsp3) is 0.417. The standard InChI is InChI=1S/C24H28N2O5/c1-17(27)29-16-21-12-11-20(30-21)15-26-13-5-3-4-6-23(26)24-14-22(25-31-24)18-7-9-19(28-2)10-8-18/h7-12,14,23H,3-6,13,15-16H2,1-2H3. The van der Waals surface area contributed by atoms with Crippen LogP contribution in [0.15, 0.2) is 51.4 Å². The molecule has 1 aliphatic heterocycles. The second-order valence-corrected chi connectivity index (χ2v) is 7.83. The van der Waals surface area contributed by atoms with E-state index in [1.807, 2.05) is 42.5 Å². The van der Waals surface area contributed by atoms with Gasteiger partial charge in [0.25, 0.3) is 0 Å². The van der Waals surface area contributed by atoms with Gasteiger partial charge in [-0.15, -0.1) is 0 Å². The quantitative estimate of drug-likeness (QED) is 0.487. The van der Waals surface area contributed by atoms with Crippen molar-refractivity contribution in [2.24, 2.45) is 0 Å². The Morgan fingerprint density at radius 3 is 2.71 bits per heavy atom. The molecule has 0 saturated carbocycles. The van der Waals surface area contributed by atoms with Crippen LogP contribution >= 0.6 is 0 Å². The van der Waals surface area contributed by atoms with E-state index in [2.05, 4.69) is 10.1 Å². The number of nitrogens with zero attached hydrogens (tertiary/aromatic N) is 2. The maximum atomic E-state index is 11.0. The molecule has 31 heavy (non-hydrogen) atoms. The van der Waals surface area contributed by atoms with Crippen molar-refractivity contribution in [3.05, 3.63) is 59.7 Å². The number of esters is 1. The third kappa shape index (κ3) is 5.35. The molecule has 0 N–H and O–H groups in total. The smallest absolute Gasteiger partial charge is 0.303 e. The Morgan fingerprint density at radius 1 is 1.13 bits per heavy atom. The van der Waals surface area contributed by atoms with E-state index in [-0.39, 0.29) is 18.6 Å². The number of hydrogen-bond acceptors (Lipinski definition) is 7. The normalized spacial score (nSPS) is 17.3. The Morgan fingerprint density at radius 2 is 1.94 bits per heavy atom. The lowest BCUT2D eigenvalue weighted by Gasteiger charge is -2.27. The van der Waals surface area contributed by atoms with E-state index in [1.165, 1.54) is 13.3 Å². The molecule has 0 aliphatic carbocycles. The summed E-state index contributed by atoms with van der Waals surface area (Å²) in [5.41, 5.74) is 1.82. The summed E-state index contributed by atoms with van der Waals surface area (Å²) >= 11 is 0. The first-order valence-electron chi connectivity index (χ1n) is 10.7. The highest BCUT2D eigenvalue weighted by atomic mass is 16.5. The fourth-order valence-electron chi connectivity index (χ4n) is 3.98. The summed E-state index contributed by atoms with van der Waals surface area (Å²) in [6, 6.07) is 13.8. The molecule has 1 atom stereocenters. The van der Waals surface area contributed by atoms with Gasteiger partial charge in [0.15, 0.2) is 5.76 Å². The summed E-state index contributed by atoms with van der Waals surface area (Å²) in [6.45, 7) is 3.18. The molecule has 4 rings (SSSR count). The topological polar surface area (TPSA) is 77.9 Å². The van der Waals surface area contributed by atoms with Crippen LogP contribution in [0.5, 0.6) is 5.75 Å². The minimum atomic E-state index is -0.316. The third-order valence-corrected chi connectivity index (χ3v) is 5.60. The van der Waals surface area contributed by atoms with Crippen LogP contribution in [-0.4, -0.2) is 29.7 Å². The van der Waals surface area contributed by atoms with Crippen LogP contribution in [0.1, 0.15) is 55.9 Å². The first-order valence-corrected chi connectivity index (χ1v) is 10.7.